The van der Waals surface area contributed by atoms with Crippen molar-refractivity contribution in [3.63, 3.8) is 0 Å². The Morgan fingerprint density at radius 2 is 2.12 bits per heavy atom. The summed E-state index contributed by atoms with van der Waals surface area (Å²) in [5.74, 6) is 4.63. The number of rotatable bonds is 5. The van der Waals surface area contributed by atoms with E-state index in [1.54, 1.807) is 0 Å². The van der Waals surface area contributed by atoms with Gasteiger partial charge in [0.1, 0.15) is 0 Å². The van der Waals surface area contributed by atoms with Gasteiger partial charge in [0.15, 0.2) is 0 Å². The third-order valence-electron chi connectivity index (χ3n) is 4.33. The van der Waals surface area contributed by atoms with Crippen LogP contribution in [0.1, 0.15) is 44.9 Å². The van der Waals surface area contributed by atoms with Crippen molar-refractivity contribution in [2.45, 2.75) is 50.5 Å². The zero-order valence-electron chi connectivity index (χ0n) is 10.2. The van der Waals surface area contributed by atoms with Crippen LogP contribution >= 0.6 is 0 Å². The van der Waals surface area contributed by atoms with Gasteiger partial charge in [-0.25, -0.2) is 0 Å². The first-order valence-corrected chi connectivity index (χ1v) is 6.68. The Hall–Kier alpha value is -0.520. The summed E-state index contributed by atoms with van der Waals surface area (Å²) in [7, 11) is 0. The van der Waals surface area contributed by atoms with E-state index in [4.69, 9.17) is 12.2 Å². The molecule has 0 aliphatic heterocycles. The summed E-state index contributed by atoms with van der Waals surface area (Å²) in [4.78, 5) is 0. The second-order valence-electron chi connectivity index (χ2n) is 5.56. The first kappa shape index (κ1) is 12.0. The molecule has 0 radical (unpaired) electrons. The smallest absolute Gasteiger partial charge is 0.0307 e. The van der Waals surface area contributed by atoms with Gasteiger partial charge in [0.2, 0.25) is 0 Å². The maximum absolute atomic E-state index is 5.99. The lowest BCUT2D eigenvalue weighted by molar-refractivity contribution is 0.171. The number of hydrogen-bond acceptors (Lipinski definition) is 2. The van der Waals surface area contributed by atoms with E-state index in [-0.39, 0.29) is 5.54 Å². The number of hydrogen-bond donors (Lipinski definition) is 2. The Kier molecular flexibility index (Phi) is 3.89. The summed E-state index contributed by atoms with van der Waals surface area (Å²) in [6, 6.07) is 0. The van der Waals surface area contributed by atoms with Crippen LogP contribution < -0.4 is 11.1 Å². The Bertz CT molecular complexity index is 264. The van der Waals surface area contributed by atoms with Gasteiger partial charge in [-0.1, -0.05) is 12.8 Å². The van der Waals surface area contributed by atoms with E-state index in [2.05, 4.69) is 11.2 Å². The van der Waals surface area contributed by atoms with Crippen molar-refractivity contribution in [1.29, 1.82) is 0 Å². The first-order valence-electron chi connectivity index (χ1n) is 6.68. The highest BCUT2D eigenvalue weighted by molar-refractivity contribution is 4.99. The molecule has 0 heterocycles. The molecule has 0 amide bonds. The largest absolute Gasteiger partial charge is 0.329 e. The van der Waals surface area contributed by atoms with Crippen molar-refractivity contribution >= 4 is 0 Å². The second-order valence-corrected chi connectivity index (χ2v) is 5.56. The van der Waals surface area contributed by atoms with E-state index in [9.17, 15) is 0 Å². The summed E-state index contributed by atoms with van der Waals surface area (Å²) < 4.78 is 0. The average molecular weight is 220 g/mol. The van der Waals surface area contributed by atoms with E-state index < -0.39 is 0 Å². The van der Waals surface area contributed by atoms with Gasteiger partial charge in [0.25, 0.3) is 0 Å². The summed E-state index contributed by atoms with van der Waals surface area (Å²) in [6.07, 6.45) is 14.3. The molecule has 0 bridgehead atoms. The highest BCUT2D eigenvalue weighted by atomic mass is 15.0. The van der Waals surface area contributed by atoms with Crippen LogP contribution in [0.5, 0.6) is 0 Å². The minimum absolute atomic E-state index is 0.197. The maximum Gasteiger partial charge on any atom is 0.0307 e. The fourth-order valence-electron chi connectivity index (χ4n) is 3.20. The second kappa shape index (κ2) is 5.21. The first-order chi connectivity index (χ1) is 7.79. The van der Waals surface area contributed by atoms with Gasteiger partial charge in [0, 0.05) is 25.0 Å². The van der Waals surface area contributed by atoms with Crippen LogP contribution in [0, 0.1) is 24.2 Å². The lowest BCUT2D eigenvalue weighted by atomic mass is 9.73. The zero-order chi connectivity index (χ0) is 11.4. The van der Waals surface area contributed by atoms with Crippen LogP contribution in [-0.2, 0) is 0 Å². The van der Waals surface area contributed by atoms with Gasteiger partial charge in [-0.05, 0) is 37.5 Å². The average Bonchev–Trinajstić information content (AvgIpc) is 3.14. The molecule has 2 unspecified atom stereocenters. The van der Waals surface area contributed by atoms with Crippen LogP contribution in [0.3, 0.4) is 0 Å². The molecule has 2 fully saturated rings. The summed E-state index contributed by atoms with van der Waals surface area (Å²) in [5, 5.41) is 3.63. The maximum atomic E-state index is 5.99. The van der Waals surface area contributed by atoms with E-state index in [0.717, 1.165) is 31.3 Å². The standard InChI is InChI=1S/C14H24N2/c1-2-3-9-16-14(11-15)8-4-5-13(10-14)12-6-7-12/h1,12-13,16H,3-11,15H2. The van der Waals surface area contributed by atoms with Crippen molar-refractivity contribution in [3.8, 4) is 12.3 Å². The monoisotopic (exact) mass is 220 g/mol. The predicted molar refractivity (Wildman–Crippen MR) is 67.9 cm³/mol. The fourth-order valence-corrected chi connectivity index (χ4v) is 3.20. The highest BCUT2D eigenvalue weighted by Gasteiger charge is 2.40. The zero-order valence-corrected chi connectivity index (χ0v) is 10.2. The Morgan fingerprint density at radius 1 is 1.31 bits per heavy atom. The van der Waals surface area contributed by atoms with Crippen LogP contribution in [0.4, 0.5) is 0 Å². The molecule has 0 aromatic rings. The molecule has 2 aliphatic rings. The Balaban J connectivity index is 1.88. The van der Waals surface area contributed by atoms with Crippen LogP contribution in [0.2, 0.25) is 0 Å². The summed E-state index contributed by atoms with van der Waals surface area (Å²) in [5.41, 5.74) is 6.19. The SMILES string of the molecule is C#CCCNC1(CN)CCCC(C2CC2)C1. The topological polar surface area (TPSA) is 38.0 Å². The third kappa shape index (κ3) is 2.78. The lowest BCUT2D eigenvalue weighted by Crippen LogP contribution is -2.54. The molecule has 2 heteroatoms. The van der Waals surface area contributed by atoms with Crippen LogP contribution in [0.25, 0.3) is 0 Å². The fraction of sp³-hybridized carbons (Fsp3) is 0.857. The molecule has 2 nitrogen and oxygen atoms in total. The molecule has 0 saturated heterocycles. The minimum atomic E-state index is 0.197. The number of nitrogens with two attached hydrogens (primary N) is 1. The predicted octanol–water partition coefficient (Wildman–Crippen LogP) is 1.90. The van der Waals surface area contributed by atoms with Crippen LogP contribution in [-0.4, -0.2) is 18.6 Å². The van der Waals surface area contributed by atoms with Gasteiger partial charge in [0.05, 0.1) is 0 Å². The normalized spacial score (nSPS) is 34.6. The number of nitrogens with one attached hydrogen (secondary N) is 1. The van der Waals surface area contributed by atoms with Gasteiger partial charge >= 0.3 is 0 Å². The molecule has 2 atom stereocenters. The lowest BCUT2D eigenvalue weighted by Gasteiger charge is -2.41. The summed E-state index contributed by atoms with van der Waals surface area (Å²) in [6.45, 7) is 1.69. The van der Waals surface area contributed by atoms with Gasteiger partial charge < -0.3 is 11.1 Å². The molecular formula is C14H24N2. The van der Waals surface area contributed by atoms with Gasteiger partial charge in [-0.3, -0.25) is 0 Å². The molecule has 2 saturated carbocycles. The van der Waals surface area contributed by atoms with Crippen LogP contribution in [0.15, 0.2) is 0 Å². The molecular weight excluding hydrogens is 196 g/mol. The van der Waals surface area contributed by atoms with Crippen molar-refractivity contribution in [2.75, 3.05) is 13.1 Å². The number of terminal acetylenes is 1. The Morgan fingerprint density at radius 3 is 2.75 bits per heavy atom. The van der Waals surface area contributed by atoms with Gasteiger partial charge in [-0.15, -0.1) is 12.3 Å². The molecule has 2 aliphatic carbocycles. The van der Waals surface area contributed by atoms with Gasteiger partial charge in [-0.2, -0.15) is 0 Å². The van der Waals surface area contributed by atoms with E-state index >= 15 is 0 Å². The molecule has 90 valence electrons. The van der Waals surface area contributed by atoms with Crippen molar-refractivity contribution in [3.05, 3.63) is 0 Å². The molecule has 0 aromatic carbocycles. The van der Waals surface area contributed by atoms with Crippen molar-refractivity contribution < 1.29 is 0 Å². The van der Waals surface area contributed by atoms with E-state index in [1.807, 2.05) is 0 Å². The molecule has 3 N–H and O–H groups in total. The Labute approximate surface area is 99.4 Å². The molecule has 2 rings (SSSR count). The quantitative estimate of drug-likeness (QED) is 0.548. The summed E-state index contributed by atoms with van der Waals surface area (Å²) >= 11 is 0. The molecule has 16 heavy (non-hydrogen) atoms. The highest BCUT2D eigenvalue weighted by Crippen LogP contribution is 2.46. The van der Waals surface area contributed by atoms with Crippen molar-refractivity contribution in [2.24, 2.45) is 17.6 Å². The molecule has 0 spiro atoms. The minimum Gasteiger partial charge on any atom is -0.329 e. The van der Waals surface area contributed by atoms with E-state index in [1.165, 1.54) is 38.5 Å². The third-order valence-corrected chi connectivity index (χ3v) is 4.33. The van der Waals surface area contributed by atoms with Crippen molar-refractivity contribution in [1.82, 2.24) is 5.32 Å². The van der Waals surface area contributed by atoms with E-state index in [0.29, 0.717) is 0 Å². The molecule has 0 aromatic heterocycles.